The zero-order chi connectivity index (χ0) is 32.5. The Kier molecular flexibility index (Phi) is 7.11. The van der Waals surface area contributed by atoms with Gasteiger partial charge in [0.25, 0.3) is 0 Å². The summed E-state index contributed by atoms with van der Waals surface area (Å²) in [6.07, 6.45) is -1.62. The molecule has 1 aliphatic carbocycles. The first-order chi connectivity index (χ1) is 21.1. The zero-order valence-corrected chi connectivity index (χ0v) is 24.8. The van der Waals surface area contributed by atoms with Crippen LogP contribution < -0.4 is 10.5 Å². The molecule has 1 spiro atoms. The molecule has 1 aliphatic heterocycles. The van der Waals surface area contributed by atoms with Gasteiger partial charge in [0.15, 0.2) is 5.65 Å². The van der Waals surface area contributed by atoms with Crippen molar-refractivity contribution >= 4 is 27.5 Å². The van der Waals surface area contributed by atoms with Crippen LogP contribution >= 0.6 is 0 Å². The van der Waals surface area contributed by atoms with Crippen molar-refractivity contribution in [1.29, 1.82) is 0 Å². The number of nitrogens with zero attached hydrogens (tertiary/aromatic N) is 5. The third-order valence-electron chi connectivity index (χ3n) is 8.30. The number of nitrogens with two attached hydrogens (primary N) is 1. The fourth-order valence-electron chi connectivity index (χ4n) is 5.67. The fourth-order valence-corrected chi connectivity index (χ4v) is 7.25. The van der Waals surface area contributed by atoms with Gasteiger partial charge in [0.05, 0.1) is 18.5 Å². The van der Waals surface area contributed by atoms with Gasteiger partial charge in [-0.25, -0.2) is 13.4 Å². The van der Waals surface area contributed by atoms with E-state index in [4.69, 9.17) is 10.5 Å². The van der Waals surface area contributed by atoms with Crippen molar-refractivity contribution in [3.8, 4) is 5.88 Å². The predicted molar refractivity (Wildman–Crippen MR) is 151 cm³/mol. The molecule has 2 aliphatic rings. The number of carboxylic acids is 1. The molecule has 236 valence electrons. The molecule has 4 heterocycles. The number of carboxylic acid groups (broad SMARTS) is 1. The van der Waals surface area contributed by atoms with Crippen molar-refractivity contribution in [2.45, 2.75) is 62.2 Å². The van der Waals surface area contributed by atoms with Crippen LogP contribution in [-0.2, 0) is 27.5 Å². The van der Waals surface area contributed by atoms with Crippen LogP contribution in [0, 0.1) is 13.8 Å². The van der Waals surface area contributed by atoms with E-state index in [1.807, 2.05) is 0 Å². The van der Waals surface area contributed by atoms with Gasteiger partial charge in [-0.1, -0.05) is 18.2 Å². The summed E-state index contributed by atoms with van der Waals surface area (Å²) in [7, 11) is -4.23. The Hall–Kier alpha value is -4.57. The molecule has 4 aromatic rings. The lowest BCUT2D eigenvalue weighted by Crippen LogP contribution is -2.38. The van der Waals surface area contributed by atoms with E-state index in [2.05, 4.69) is 15.2 Å². The number of hydrogen-bond donors (Lipinski definition) is 2. The summed E-state index contributed by atoms with van der Waals surface area (Å²) >= 11 is 0. The Bertz CT molecular complexity index is 1990. The van der Waals surface area contributed by atoms with Crippen LogP contribution in [0.25, 0.3) is 5.65 Å². The van der Waals surface area contributed by atoms with Gasteiger partial charge in [-0.15, -0.1) is 10.2 Å². The summed E-state index contributed by atoms with van der Waals surface area (Å²) in [4.78, 5) is 27.6. The molecular weight excluding hydrogens is 617 g/mol. The van der Waals surface area contributed by atoms with Gasteiger partial charge in [0, 0.05) is 24.9 Å². The quantitative estimate of drug-likeness (QED) is 0.305. The van der Waals surface area contributed by atoms with E-state index in [9.17, 15) is 36.3 Å². The van der Waals surface area contributed by atoms with E-state index in [1.54, 1.807) is 32.0 Å². The van der Waals surface area contributed by atoms with Gasteiger partial charge in [-0.2, -0.15) is 17.5 Å². The number of hydrogen-bond acceptors (Lipinski definition) is 8. The number of aryl methyl sites for hydroxylation is 2. The molecule has 12 nitrogen and oxygen atoms in total. The smallest absolute Gasteiger partial charge is 0.452 e. The van der Waals surface area contributed by atoms with Gasteiger partial charge in [0.2, 0.25) is 27.6 Å². The lowest BCUT2D eigenvalue weighted by molar-refractivity contribution is -0.145. The molecule has 3 aromatic heterocycles. The molecule has 6 rings (SSSR count). The van der Waals surface area contributed by atoms with Crippen LogP contribution in [0.15, 0.2) is 47.6 Å². The number of benzene rings is 1. The number of pyridine rings is 2. The van der Waals surface area contributed by atoms with Gasteiger partial charge in [-0.3, -0.25) is 14.0 Å². The van der Waals surface area contributed by atoms with E-state index in [-0.39, 0.29) is 35.1 Å². The minimum Gasteiger partial charge on any atom is -0.481 e. The number of fused-ring (bicyclic) bond motifs is 2. The molecule has 45 heavy (non-hydrogen) atoms. The maximum atomic E-state index is 13.9. The van der Waals surface area contributed by atoms with Crippen molar-refractivity contribution in [3.05, 3.63) is 81.9 Å². The summed E-state index contributed by atoms with van der Waals surface area (Å²) in [5, 5.41) is 16.8. The molecule has 0 saturated heterocycles. The van der Waals surface area contributed by atoms with Gasteiger partial charge < -0.3 is 15.6 Å². The first-order valence-electron chi connectivity index (χ1n) is 13.8. The largest absolute Gasteiger partial charge is 0.481 e. The summed E-state index contributed by atoms with van der Waals surface area (Å²) in [6.45, 7) is 3.24. The Morgan fingerprint density at radius 2 is 1.89 bits per heavy atom. The second kappa shape index (κ2) is 10.5. The number of halogens is 3. The molecule has 1 amide bonds. The number of rotatable bonds is 7. The maximum absolute atomic E-state index is 13.9. The first-order valence-corrected chi connectivity index (χ1v) is 15.3. The van der Waals surface area contributed by atoms with E-state index in [0.29, 0.717) is 35.1 Å². The molecule has 16 heteroatoms. The summed E-state index contributed by atoms with van der Waals surface area (Å²) in [6, 6.07) is 7.72. The Morgan fingerprint density at radius 1 is 1.16 bits per heavy atom. The number of ether oxygens (including phenoxy) is 1. The van der Waals surface area contributed by atoms with E-state index in [1.165, 1.54) is 16.6 Å². The van der Waals surface area contributed by atoms with Crippen LogP contribution in [0.4, 0.5) is 13.2 Å². The second-order valence-corrected chi connectivity index (χ2v) is 13.3. The van der Waals surface area contributed by atoms with Crippen molar-refractivity contribution in [3.63, 3.8) is 0 Å². The number of carbonyl (C=O) groups is 2. The van der Waals surface area contributed by atoms with Gasteiger partial charge >= 0.3 is 12.1 Å². The molecule has 1 unspecified atom stereocenters. The summed E-state index contributed by atoms with van der Waals surface area (Å²) in [5.41, 5.74) is 7.02. The monoisotopic (exact) mass is 644 g/mol. The average Bonchev–Trinajstić information content (AvgIpc) is 3.57. The van der Waals surface area contributed by atoms with Crippen molar-refractivity contribution in [2.24, 2.45) is 5.73 Å². The summed E-state index contributed by atoms with van der Waals surface area (Å²) < 4.78 is 76.3. The second-order valence-electron chi connectivity index (χ2n) is 11.4. The number of sulfonamides is 1. The standard InChI is InChI=1S/C29H27F3N6O6S/c1-15-3-4-17(21(11-23(39)40)20-5-8-38-25(16(20)2)35-36-27(38)29(30,31)32)9-19(15)13-37-14-28(6-7-28)44-26-22(45(37,42)43)10-18(12-34-26)24(33)41/h3-5,8-10,12,21H,6-7,11,13-14H2,1-2H3,(H2,33,41)(H,39,40). The highest BCUT2D eigenvalue weighted by Crippen LogP contribution is 2.46. The van der Waals surface area contributed by atoms with Crippen molar-refractivity contribution < 1.29 is 41.0 Å². The van der Waals surface area contributed by atoms with E-state index >= 15 is 0 Å². The number of amides is 1. The third kappa shape index (κ3) is 5.48. The third-order valence-corrected chi connectivity index (χ3v) is 10.1. The topological polar surface area (TPSA) is 170 Å². The fraction of sp³-hybridized carbons (Fsp3) is 0.345. The number of alkyl halides is 3. The lowest BCUT2D eigenvalue weighted by atomic mass is 9.85. The van der Waals surface area contributed by atoms with Crippen LogP contribution in [-0.4, -0.2) is 61.4 Å². The minimum absolute atomic E-state index is 0.0179. The molecule has 0 bridgehead atoms. The Balaban J connectivity index is 1.41. The molecule has 1 aromatic carbocycles. The number of aliphatic carboxylic acids is 1. The lowest BCUT2D eigenvalue weighted by Gasteiger charge is -2.25. The molecule has 1 atom stereocenters. The number of aromatic nitrogens is 4. The highest BCUT2D eigenvalue weighted by atomic mass is 32.2. The molecule has 0 radical (unpaired) electrons. The average molecular weight is 645 g/mol. The highest BCUT2D eigenvalue weighted by molar-refractivity contribution is 7.89. The number of carbonyl (C=O) groups excluding carboxylic acids is 1. The predicted octanol–water partition coefficient (Wildman–Crippen LogP) is 3.58. The van der Waals surface area contributed by atoms with Crippen LogP contribution in [0.3, 0.4) is 0 Å². The maximum Gasteiger partial charge on any atom is 0.452 e. The molecule has 3 N–H and O–H groups in total. The first kappa shape index (κ1) is 30.5. The minimum atomic E-state index is -4.74. The van der Waals surface area contributed by atoms with Gasteiger partial charge in [0.1, 0.15) is 10.5 Å². The van der Waals surface area contributed by atoms with Crippen LogP contribution in [0.5, 0.6) is 5.88 Å². The van der Waals surface area contributed by atoms with Gasteiger partial charge in [-0.05, 0) is 66.6 Å². The Morgan fingerprint density at radius 3 is 2.53 bits per heavy atom. The zero-order valence-electron chi connectivity index (χ0n) is 24.0. The van der Waals surface area contributed by atoms with Crippen molar-refractivity contribution in [2.75, 3.05) is 6.54 Å². The molecule has 1 saturated carbocycles. The Labute approximate surface area is 254 Å². The molecular formula is C29H27F3N6O6S. The normalized spacial score (nSPS) is 17.8. The van der Waals surface area contributed by atoms with Crippen LogP contribution in [0.2, 0.25) is 0 Å². The van der Waals surface area contributed by atoms with Crippen molar-refractivity contribution in [1.82, 2.24) is 23.9 Å². The van der Waals surface area contributed by atoms with Crippen LogP contribution in [0.1, 0.15) is 69.2 Å². The molecule has 1 fully saturated rings. The SMILES string of the molecule is Cc1ccc(C(CC(=O)O)c2ccn3c(C(F)(F)F)nnc3c2C)cc1CN1CC2(CC2)Oc2ncc(C(N)=O)cc2S1(=O)=O. The van der Waals surface area contributed by atoms with E-state index in [0.717, 1.165) is 22.2 Å². The summed E-state index contributed by atoms with van der Waals surface area (Å²) in [5.74, 6) is -4.11. The highest BCUT2D eigenvalue weighted by Gasteiger charge is 2.52. The van der Waals surface area contributed by atoms with E-state index < -0.39 is 51.8 Å². The number of primary amides is 1.